The van der Waals surface area contributed by atoms with Gasteiger partial charge < -0.3 is 0 Å². The van der Waals surface area contributed by atoms with E-state index in [0.29, 0.717) is 12.3 Å². The molecule has 3 heteroatoms. The third-order valence-corrected chi connectivity index (χ3v) is 3.21. The summed E-state index contributed by atoms with van der Waals surface area (Å²) in [7, 11) is 0. The molecule has 15 heavy (non-hydrogen) atoms. The Labute approximate surface area is 98.4 Å². The lowest BCUT2D eigenvalue weighted by Crippen LogP contribution is -2.23. The zero-order chi connectivity index (χ0) is 10.7. The van der Waals surface area contributed by atoms with E-state index in [1.54, 1.807) is 0 Å². The fourth-order valence-electron chi connectivity index (χ4n) is 1.86. The number of halogens is 1. The molecule has 1 fully saturated rings. The summed E-state index contributed by atoms with van der Waals surface area (Å²) in [5.41, 5.74) is 1.32. The van der Waals surface area contributed by atoms with Crippen molar-refractivity contribution >= 4 is 21.7 Å². The summed E-state index contributed by atoms with van der Waals surface area (Å²) in [6.07, 6.45) is 1.76. The highest BCUT2D eigenvalue weighted by Crippen LogP contribution is 2.13. The van der Waals surface area contributed by atoms with E-state index in [2.05, 4.69) is 39.0 Å². The summed E-state index contributed by atoms with van der Waals surface area (Å²) in [5, 5.41) is 0. The van der Waals surface area contributed by atoms with Crippen molar-refractivity contribution in [3.05, 3.63) is 34.3 Å². The fourth-order valence-corrected chi connectivity index (χ4v) is 2.31. The van der Waals surface area contributed by atoms with Gasteiger partial charge in [0.1, 0.15) is 5.78 Å². The van der Waals surface area contributed by atoms with Crippen LogP contribution in [0.4, 0.5) is 0 Å². The third-order valence-electron chi connectivity index (χ3n) is 2.71. The second-order valence-corrected chi connectivity index (χ2v) is 4.86. The standard InChI is InChI=1S/C12H14BrNO/c13-11-3-1-2-10(8-11)4-6-14-7-5-12(15)9-14/h1-3,8H,4-7,9H2. The number of carbonyl (C=O) groups is 1. The SMILES string of the molecule is O=C1CCN(CCc2cccc(Br)c2)C1. The van der Waals surface area contributed by atoms with Crippen molar-refractivity contribution in [2.24, 2.45) is 0 Å². The summed E-state index contributed by atoms with van der Waals surface area (Å²) in [6, 6.07) is 8.35. The van der Waals surface area contributed by atoms with Gasteiger partial charge in [0.15, 0.2) is 0 Å². The van der Waals surface area contributed by atoms with Gasteiger partial charge in [0, 0.05) is 24.0 Å². The molecule has 1 aromatic carbocycles. The zero-order valence-electron chi connectivity index (χ0n) is 8.58. The molecule has 0 saturated carbocycles. The van der Waals surface area contributed by atoms with Crippen LogP contribution in [-0.4, -0.2) is 30.3 Å². The summed E-state index contributed by atoms with van der Waals surface area (Å²) in [6.45, 7) is 2.57. The first-order chi connectivity index (χ1) is 7.24. The predicted molar refractivity (Wildman–Crippen MR) is 63.9 cm³/mol. The van der Waals surface area contributed by atoms with Gasteiger partial charge in [-0.3, -0.25) is 9.69 Å². The van der Waals surface area contributed by atoms with Crippen molar-refractivity contribution in [3.8, 4) is 0 Å². The number of likely N-dealkylation sites (tertiary alicyclic amines) is 1. The number of hydrogen-bond donors (Lipinski definition) is 0. The lowest BCUT2D eigenvalue weighted by atomic mass is 10.1. The van der Waals surface area contributed by atoms with Crippen LogP contribution in [0.15, 0.2) is 28.7 Å². The number of rotatable bonds is 3. The monoisotopic (exact) mass is 267 g/mol. The van der Waals surface area contributed by atoms with Gasteiger partial charge >= 0.3 is 0 Å². The molecule has 1 aliphatic rings. The molecule has 0 N–H and O–H groups in total. The van der Waals surface area contributed by atoms with Crippen LogP contribution in [0.1, 0.15) is 12.0 Å². The normalized spacial score (nSPS) is 17.3. The van der Waals surface area contributed by atoms with Crippen LogP contribution in [-0.2, 0) is 11.2 Å². The molecule has 0 radical (unpaired) electrons. The molecule has 1 aromatic rings. The molecule has 0 bridgehead atoms. The van der Waals surface area contributed by atoms with E-state index >= 15 is 0 Å². The van der Waals surface area contributed by atoms with Gasteiger partial charge in [-0.2, -0.15) is 0 Å². The van der Waals surface area contributed by atoms with E-state index in [-0.39, 0.29) is 0 Å². The highest BCUT2D eigenvalue weighted by molar-refractivity contribution is 9.10. The Balaban J connectivity index is 1.85. The van der Waals surface area contributed by atoms with E-state index in [1.165, 1.54) is 5.56 Å². The Morgan fingerprint density at radius 3 is 2.93 bits per heavy atom. The van der Waals surface area contributed by atoms with Crippen molar-refractivity contribution in [1.82, 2.24) is 4.90 Å². The molecule has 1 heterocycles. The lowest BCUT2D eigenvalue weighted by molar-refractivity contribution is -0.116. The minimum absolute atomic E-state index is 0.379. The minimum Gasteiger partial charge on any atom is -0.298 e. The van der Waals surface area contributed by atoms with E-state index in [1.807, 2.05) is 6.07 Å². The molecule has 0 unspecified atom stereocenters. The van der Waals surface area contributed by atoms with Crippen molar-refractivity contribution in [3.63, 3.8) is 0 Å². The molecule has 1 saturated heterocycles. The van der Waals surface area contributed by atoms with Gasteiger partial charge in [0.05, 0.1) is 6.54 Å². The van der Waals surface area contributed by atoms with Gasteiger partial charge in [0.25, 0.3) is 0 Å². The van der Waals surface area contributed by atoms with Crippen LogP contribution < -0.4 is 0 Å². The van der Waals surface area contributed by atoms with Gasteiger partial charge in [-0.1, -0.05) is 28.1 Å². The van der Waals surface area contributed by atoms with Crippen molar-refractivity contribution in [2.45, 2.75) is 12.8 Å². The average Bonchev–Trinajstić information content (AvgIpc) is 2.62. The average molecular weight is 268 g/mol. The molecule has 0 spiro atoms. The molecular weight excluding hydrogens is 254 g/mol. The topological polar surface area (TPSA) is 20.3 Å². The Bertz CT molecular complexity index is 364. The summed E-state index contributed by atoms with van der Waals surface area (Å²) in [5.74, 6) is 0.379. The maximum absolute atomic E-state index is 11.1. The van der Waals surface area contributed by atoms with Gasteiger partial charge in [-0.25, -0.2) is 0 Å². The van der Waals surface area contributed by atoms with Gasteiger partial charge in [-0.15, -0.1) is 0 Å². The Hall–Kier alpha value is -0.670. The number of nitrogens with zero attached hydrogens (tertiary/aromatic N) is 1. The molecule has 0 aromatic heterocycles. The second-order valence-electron chi connectivity index (χ2n) is 3.94. The summed E-state index contributed by atoms with van der Waals surface area (Å²) in [4.78, 5) is 13.3. The zero-order valence-corrected chi connectivity index (χ0v) is 10.2. The molecule has 2 nitrogen and oxygen atoms in total. The summed E-state index contributed by atoms with van der Waals surface area (Å²) >= 11 is 3.46. The van der Waals surface area contributed by atoms with Crippen molar-refractivity contribution < 1.29 is 4.79 Å². The van der Waals surface area contributed by atoms with E-state index in [0.717, 1.165) is 30.4 Å². The molecule has 0 aliphatic carbocycles. The van der Waals surface area contributed by atoms with Crippen LogP contribution in [0, 0.1) is 0 Å². The first-order valence-corrected chi connectivity index (χ1v) is 6.02. The molecular formula is C12H14BrNO. The maximum atomic E-state index is 11.1. The number of carbonyl (C=O) groups excluding carboxylic acids is 1. The number of ketones is 1. The Kier molecular flexibility index (Phi) is 3.54. The van der Waals surface area contributed by atoms with Gasteiger partial charge in [0.2, 0.25) is 0 Å². The highest BCUT2D eigenvalue weighted by Gasteiger charge is 2.18. The molecule has 0 atom stereocenters. The quantitative estimate of drug-likeness (QED) is 0.838. The van der Waals surface area contributed by atoms with E-state index < -0.39 is 0 Å². The molecule has 80 valence electrons. The highest BCUT2D eigenvalue weighted by atomic mass is 79.9. The van der Waals surface area contributed by atoms with E-state index in [4.69, 9.17) is 0 Å². The third kappa shape index (κ3) is 3.14. The molecule has 0 amide bonds. The Morgan fingerprint density at radius 2 is 2.27 bits per heavy atom. The first kappa shape index (κ1) is 10.8. The first-order valence-electron chi connectivity index (χ1n) is 5.22. The van der Waals surface area contributed by atoms with Crippen LogP contribution in [0.3, 0.4) is 0 Å². The van der Waals surface area contributed by atoms with Gasteiger partial charge in [-0.05, 0) is 24.1 Å². The molecule has 1 aliphatic heterocycles. The minimum atomic E-state index is 0.379. The second kappa shape index (κ2) is 4.90. The number of hydrogen-bond acceptors (Lipinski definition) is 2. The van der Waals surface area contributed by atoms with Crippen molar-refractivity contribution in [1.29, 1.82) is 0 Å². The Morgan fingerprint density at radius 1 is 1.40 bits per heavy atom. The lowest BCUT2D eigenvalue weighted by Gasteiger charge is -2.13. The van der Waals surface area contributed by atoms with Crippen LogP contribution in [0.5, 0.6) is 0 Å². The smallest absolute Gasteiger partial charge is 0.148 e. The van der Waals surface area contributed by atoms with Crippen LogP contribution in [0.25, 0.3) is 0 Å². The molecule has 2 rings (SSSR count). The van der Waals surface area contributed by atoms with Crippen molar-refractivity contribution in [2.75, 3.05) is 19.6 Å². The maximum Gasteiger partial charge on any atom is 0.148 e. The number of benzene rings is 1. The summed E-state index contributed by atoms with van der Waals surface area (Å²) < 4.78 is 1.12. The predicted octanol–water partition coefficient (Wildman–Crippen LogP) is 2.27. The van der Waals surface area contributed by atoms with Crippen LogP contribution >= 0.6 is 15.9 Å². The largest absolute Gasteiger partial charge is 0.298 e. The van der Waals surface area contributed by atoms with E-state index in [9.17, 15) is 4.79 Å². The number of Topliss-reactive ketones (excluding diaryl/α,β-unsaturated/α-hetero) is 1. The fraction of sp³-hybridized carbons (Fsp3) is 0.417. The van der Waals surface area contributed by atoms with Crippen LogP contribution in [0.2, 0.25) is 0 Å².